The summed E-state index contributed by atoms with van der Waals surface area (Å²) in [6.07, 6.45) is 8.31. The van der Waals surface area contributed by atoms with Crippen LogP contribution in [0, 0.1) is 0 Å². The Morgan fingerprint density at radius 3 is 2.61 bits per heavy atom. The Hall–Kier alpha value is -2.53. The van der Waals surface area contributed by atoms with Crippen LogP contribution >= 0.6 is 0 Å². The Morgan fingerprint density at radius 2 is 1.84 bits per heavy atom. The molecule has 0 aromatic heterocycles. The zero-order valence-corrected chi connectivity index (χ0v) is 18.0. The fraction of sp³-hybridized carbons (Fsp3) is 0.500. The number of ether oxygens (including phenoxy) is 2. The summed E-state index contributed by atoms with van der Waals surface area (Å²) in [5.74, 6) is 2.08. The molecule has 5 nitrogen and oxygen atoms in total. The highest BCUT2D eigenvalue weighted by Gasteiger charge is 2.28. The van der Waals surface area contributed by atoms with Crippen molar-refractivity contribution in [2.75, 3.05) is 6.54 Å². The maximum atomic E-state index is 12.3. The standard InChI is InChI=1S/C26H32N2O3/c29-26(23-7-4-16-27-23)28-20-9-11-21(12-10-20)30-22-13-15-25-19(17-22)8-14-24(31-25)18-5-2-1-3-6-18/h1-3,5-6,13,15,17,20-21,23-24,27H,4,7-12,14,16H2,(H,28,29)/t20-,21-,23-,24?/m0/s1. The molecule has 3 aliphatic rings. The number of rotatable bonds is 5. The molecule has 2 aromatic carbocycles. The minimum Gasteiger partial charge on any atom is -0.490 e. The second kappa shape index (κ2) is 9.31. The van der Waals surface area contributed by atoms with Crippen molar-refractivity contribution in [3.63, 3.8) is 0 Å². The van der Waals surface area contributed by atoms with Crippen LogP contribution in [0.3, 0.4) is 0 Å². The van der Waals surface area contributed by atoms with Crippen molar-refractivity contribution in [3.8, 4) is 11.5 Å². The zero-order valence-electron chi connectivity index (χ0n) is 18.0. The Morgan fingerprint density at radius 1 is 1.00 bits per heavy atom. The SMILES string of the molecule is O=C(N[C@H]1CC[C@H](Oc2ccc3c(c2)CCC(c2ccccc2)O3)CC1)[C@@H]1CCCN1. The molecule has 164 valence electrons. The fourth-order valence-electron chi connectivity index (χ4n) is 5.07. The monoisotopic (exact) mass is 420 g/mol. The highest BCUT2D eigenvalue weighted by molar-refractivity contribution is 5.82. The van der Waals surface area contributed by atoms with Crippen molar-refractivity contribution in [3.05, 3.63) is 59.7 Å². The summed E-state index contributed by atoms with van der Waals surface area (Å²) in [5.41, 5.74) is 2.47. The molecule has 5 heteroatoms. The lowest BCUT2D eigenvalue weighted by atomic mass is 9.92. The van der Waals surface area contributed by atoms with Crippen molar-refractivity contribution in [1.82, 2.24) is 10.6 Å². The van der Waals surface area contributed by atoms with Gasteiger partial charge in [-0.3, -0.25) is 4.79 Å². The van der Waals surface area contributed by atoms with Crippen LogP contribution in [-0.2, 0) is 11.2 Å². The van der Waals surface area contributed by atoms with E-state index in [1.54, 1.807) is 0 Å². The number of carbonyl (C=O) groups excluding carboxylic acids is 1. The molecule has 5 rings (SSSR count). The first kappa shape index (κ1) is 20.4. The van der Waals surface area contributed by atoms with Crippen LogP contribution in [0.5, 0.6) is 11.5 Å². The predicted octanol–water partition coefficient (Wildman–Crippen LogP) is 4.31. The lowest BCUT2D eigenvalue weighted by Crippen LogP contribution is -2.47. The van der Waals surface area contributed by atoms with Crippen LogP contribution in [0.4, 0.5) is 0 Å². The van der Waals surface area contributed by atoms with Crippen molar-refractivity contribution in [1.29, 1.82) is 0 Å². The average molecular weight is 421 g/mol. The van der Waals surface area contributed by atoms with E-state index in [1.807, 2.05) is 12.1 Å². The second-order valence-corrected chi connectivity index (χ2v) is 9.07. The average Bonchev–Trinajstić information content (AvgIpc) is 3.36. The zero-order chi connectivity index (χ0) is 21.0. The van der Waals surface area contributed by atoms with Crippen molar-refractivity contribution < 1.29 is 14.3 Å². The lowest BCUT2D eigenvalue weighted by Gasteiger charge is -2.31. The Labute approximate surface area is 184 Å². The predicted molar refractivity (Wildman–Crippen MR) is 120 cm³/mol. The molecule has 2 heterocycles. The second-order valence-electron chi connectivity index (χ2n) is 9.07. The topological polar surface area (TPSA) is 59.6 Å². The molecule has 1 saturated carbocycles. The van der Waals surface area contributed by atoms with Crippen LogP contribution in [0.25, 0.3) is 0 Å². The summed E-state index contributed by atoms with van der Waals surface area (Å²) in [7, 11) is 0. The van der Waals surface area contributed by atoms with E-state index in [0.29, 0.717) is 0 Å². The normalized spacial score (nSPS) is 27.7. The Bertz CT molecular complexity index is 887. The highest BCUT2D eigenvalue weighted by Crippen LogP contribution is 2.37. The minimum absolute atomic E-state index is 0.00757. The van der Waals surface area contributed by atoms with Crippen molar-refractivity contribution >= 4 is 5.91 Å². The third-order valence-corrected chi connectivity index (χ3v) is 6.85. The first-order valence-electron chi connectivity index (χ1n) is 11.8. The van der Waals surface area contributed by atoms with E-state index >= 15 is 0 Å². The molecule has 1 saturated heterocycles. The molecule has 0 bridgehead atoms. The first-order valence-corrected chi connectivity index (χ1v) is 11.8. The molecule has 1 aliphatic carbocycles. The molecule has 2 aliphatic heterocycles. The van der Waals surface area contributed by atoms with Gasteiger partial charge in [-0.05, 0) is 87.2 Å². The number of fused-ring (bicyclic) bond motifs is 1. The van der Waals surface area contributed by atoms with Gasteiger partial charge in [0.2, 0.25) is 5.91 Å². The van der Waals surface area contributed by atoms with Crippen molar-refractivity contribution in [2.24, 2.45) is 0 Å². The molecule has 0 radical (unpaired) electrons. The smallest absolute Gasteiger partial charge is 0.237 e. The van der Waals surface area contributed by atoms with E-state index in [4.69, 9.17) is 9.47 Å². The summed E-state index contributed by atoms with van der Waals surface area (Å²) in [4.78, 5) is 12.3. The number of nitrogens with one attached hydrogen (secondary N) is 2. The van der Waals surface area contributed by atoms with Crippen LogP contribution < -0.4 is 20.1 Å². The number of hydrogen-bond donors (Lipinski definition) is 2. The van der Waals surface area contributed by atoms with E-state index in [1.165, 1.54) is 11.1 Å². The highest BCUT2D eigenvalue weighted by atomic mass is 16.5. The van der Waals surface area contributed by atoms with Gasteiger partial charge in [-0.1, -0.05) is 30.3 Å². The van der Waals surface area contributed by atoms with Gasteiger partial charge in [0, 0.05) is 6.04 Å². The minimum atomic E-state index is 0.00757. The molecule has 1 unspecified atom stereocenters. The van der Waals surface area contributed by atoms with Gasteiger partial charge in [0.25, 0.3) is 0 Å². The van der Waals surface area contributed by atoms with Crippen LogP contribution in [-0.4, -0.2) is 30.6 Å². The number of aryl methyl sites for hydroxylation is 1. The van der Waals surface area contributed by atoms with Gasteiger partial charge >= 0.3 is 0 Å². The summed E-state index contributed by atoms with van der Waals surface area (Å²) < 4.78 is 12.6. The molecular formula is C26H32N2O3. The maximum Gasteiger partial charge on any atom is 0.237 e. The number of amides is 1. The molecule has 1 amide bonds. The van der Waals surface area contributed by atoms with Gasteiger partial charge in [0.15, 0.2) is 0 Å². The van der Waals surface area contributed by atoms with Gasteiger partial charge in [-0.25, -0.2) is 0 Å². The van der Waals surface area contributed by atoms with E-state index in [0.717, 1.165) is 69.4 Å². The van der Waals surface area contributed by atoms with Gasteiger partial charge in [-0.15, -0.1) is 0 Å². The van der Waals surface area contributed by atoms with Crippen molar-refractivity contribution in [2.45, 2.75) is 75.7 Å². The molecule has 2 atom stereocenters. The van der Waals surface area contributed by atoms with E-state index in [2.05, 4.69) is 47.0 Å². The summed E-state index contributed by atoms with van der Waals surface area (Å²) in [6.45, 7) is 0.956. The Kier molecular flexibility index (Phi) is 6.12. The lowest BCUT2D eigenvalue weighted by molar-refractivity contribution is -0.123. The van der Waals surface area contributed by atoms with E-state index < -0.39 is 0 Å². The van der Waals surface area contributed by atoms with Crippen LogP contribution in [0.2, 0.25) is 0 Å². The third-order valence-electron chi connectivity index (χ3n) is 6.85. The summed E-state index contributed by atoms with van der Waals surface area (Å²) in [5, 5.41) is 6.51. The van der Waals surface area contributed by atoms with Gasteiger partial charge in [0.05, 0.1) is 12.1 Å². The number of carbonyl (C=O) groups is 1. The maximum absolute atomic E-state index is 12.3. The molecular weight excluding hydrogens is 388 g/mol. The summed E-state index contributed by atoms with van der Waals surface area (Å²) >= 11 is 0. The molecule has 0 spiro atoms. The van der Waals surface area contributed by atoms with Crippen LogP contribution in [0.1, 0.15) is 62.2 Å². The van der Waals surface area contributed by atoms with Gasteiger partial charge < -0.3 is 20.1 Å². The van der Waals surface area contributed by atoms with E-state index in [-0.39, 0.29) is 30.2 Å². The third kappa shape index (κ3) is 4.87. The first-order chi connectivity index (χ1) is 15.2. The van der Waals surface area contributed by atoms with Crippen LogP contribution in [0.15, 0.2) is 48.5 Å². The number of hydrogen-bond acceptors (Lipinski definition) is 4. The molecule has 2 N–H and O–H groups in total. The molecule has 2 fully saturated rings. The quantitative estimate of drug-likeness (QED) is 0.757. The molecule has 31 heavy (non-hydrogen) atoms. The Balaban J connectivity index is 1.12. The largest absolute Gasteiger partial charge is 0.490 e. The summed E-state index contributed by atoms with van der Waals surface area (Å²) in [6, 6.07) is 17.0. The number of benzene rings is 2. The van der Waals surface area contributed by atoms with E-state index in [9.17, 15) is 4.79 Å². The van der Waals surface area contributed by atoms with Gasteiger partial charge in [-0.2, -0.15) is 0 Å². The molecule has 2 aromatic rings. The fourth-order valence-corrected chi connectivity index (χ4v) is 5.07. The van der Waals surface area contributed by atoms with Gasteiger partial charge in [0.1, 0.15) is 17.6 Å².